The molecule has 1 aliphatic heterocycles. The molecule has 2 aromatic heterocycles. The first-order valence-corrected chi connectivity index (χ1v) is 11.2. The fourth-order valence-electron chi connectivity index (χ4n) is 4.03. The Bertz CT molecular complexity index is 875. The fraction of sp³-hybridized carbons (Fsp3) is 0.444. The van der Waals surface area contributed by atoms with Crippen molar-refractivity contribution in [2.24, 2.45) is 18.9 Å². The molecule has 1 aliphatic carbocycles. The number of fused-ring (bicyclic) bond motifs is 2. The zero-order chi connectivity index (χ0) is 16.8. The molecule has 3 aromatic rings. The molecule has 0 spiro atoms. The number of thioether (sulfide) groups is 1. The van der Waals surface area contributed by atoms with Crippen LogP contribution in [0.15, 0.2) is 46.2 Å². The second-order valence-corrected chi connectivity index (χ2v) is 10.3. The summed E-state index contributed by atoms with van der Waals surface area (Å²) in [6, 6.07) is 6.66. The quantitative estimate of drug-likeness (QED) is 0.613. The number of aryl methyl sites for hydroxylation is 1. The Labute approximate surface area is 160 Å². The highest BCUT2D eigenvalue weighted by Crippen LogP contribution is 2.46. The highest BCUT2D eigenvalue weighted by atomic mass is 32.2. The van der Waals surface area contributed by atoms with Crippen LogP contribution in [0.2, 0.25) is 0 Å². The first-order valence-electron chi connectivity index (χ1n) is 8.65. The summed E-state index contributed by atoms with van der Waals surface area (Å²) in [6.07, 6.45) is 6.58. The van der Waals surface area contributed by atoms with E-state index in [1.807, 2.05) is 41.6 Å². The van der Waals surface area contributed by atoms with Gasteiger partial charge >= 0.3 is 0 Å². The van der Waals surface area contributed by atoms with Crippen molar-refractivity contribution in [2.75, 3.05) is 13.1 Å². The topological polar surface area (TPSA) is 34.0 Å². The molecule has 3 atom stereocenters. The summed E-state index contributed by atoms with van der Waals surface area (Å²) in [5.41, 5.74) is 3.06. The van der Waals surface area contributed by atoms with Gasteiger partial charge in [-0.1, -0.05) is 11.8 Å². The highest BCUT2D eigenvalue weighted by molar-refractivity contribution is 7.99. The molecule has 3 heterocycles. The molecule has 1 saturated carbocycles. The van der Waals surface area contributed by atoms with E-state index in [1.54, 1.807) is 11.3 Å². The molecule has 2 unspecified atom stereocenters. The average Bonchev–Trinajstić information content (AvgIpc) is 3.33. The molecule has 2 fully saturated rings. The summed E-state index contributed by atoms with van der Waals surface area (Å²) in [4.78, 5) is 10.2. The van der Waals surface area contributed by atoms with Gasteiger partial charge in [0.25, 0.3) is 0 Å². The lowest BCUT2D eigenvalue weighted by Gasteiger charge is -2.17. The molecule has 7 heteroatoms. The van der Waals surface area contributed by atoms with E-state index >= 15 is 0 Å². The number of benzene rings is 1. The molecule has 1 saturated heterocycles. The molecule has 130 valence electrons. The van der Waals surface area contributed by atoms with Crippen LogP contribution >= 0.6 is 35.0 Å². The summed E-state index contributed by atoms with van der Waals surface area (Å²) < 4.78 is 5.97. The lowest BCUT2D eigenvalue weighted by molar-refractivity contribution is 0.494. The maximum Gasteiger partial charge on any atom is 0.167 e. The molecule has 2 aliphatic rings. The normalized spacial score (nSPS) is 26.5. The van der Waals surface area contributed by atoms with Crippen LogP contribution in [0.3, 0.4) is 0 Å². The van der Waals surface area contributed by atoms with E-state index in [1.165, 1.54) is 35.5 Å². The van der Waals surface area contributed by atoms with Gasteiger partial charge in [-0.3, -0.25) is 0 Å². The number of imidazole rings is 1. The largest absolute Gasteiger partial charge is 0.329 e. The first kappa shape index (κ1) is 16.2. The number of thiazole rings is 1. The van der Waals surface area contributed by atoms with E-state index in [0.717, 1.165) is 27.8 Å². The predicted octanol–water partition coefficient (Wildman–Crippen LogP) is 4.54. The minimum Gasteiger partial charge on any atom is -0.329 e. The highest BCUT2D eigenvalue weighted by Gasteiger charge is 2.41. The van der Waals surface area contributed by atoms with E-state index in [2.05, 4.69) is 44.1 Å². The summed E-state index contributed by atoms with van der Waals surface area (Å²) in [6.45, 7) is 2.42. The maximum atomic E-state index is 4.47. The predicted molar refractivity (Wildman–Crippen MR) is 106 cm³/mol. The number of hydrogen-bond donors (Lipinski definition) is 0. The minimum absolute atomic E-state index is 0.731. The molecule has 0 bridgehead atoms. The van der Waals surface area contributed by atoms with Crippen molar-refractivity contribution in [1.82, 2.24) is 18.8 Å². The van der Waals surface area contributed by atoms with Gasteiger partial charge in [0.15, 0.2) is 5.16 Å². The van der Waals surface area contributed by atoms with Crippen LogP contribution in [0.25, 0.3) is 10.2 Å². The van der Waals surface area contributed by atoms with Crippen molar-refractivity contribution in [1.29, 1.82) is 0 Å². The van der Waals surface area contributed by atoms with E-state index in [0.29, 0.717) is 0 Å². The third-order valence-electron chi connectivity index (χ3n) is 5.26. The summed E-state index contributed by atoms with van der Waals surface area (Å²) >= 11 is 5.59. The fourth-order valence-corrected chi connectivity index (χ4v) is 7.15. The number of nitrogens with zero attached hydrogens (tertiary/aromatic N) is 4. The van der Waals surface area contributed by atoms with Gasteiger partial charge in [-0.25, -0.2) is 14.3 Å². The van der Waals surface area contributed by atoms with Gasteiger partial charge in [-0.05, 0) is 54.8 Å². The Balaban J connectivity index is 1.20. The van der Waals surface area contributed by atoms with Crippen molar-refractivity contribution in [2.45, 2.75) is 28.1 Å². The third kappa shape index (κ3) is 3.23. The van der Waals surface area contributed by atoms with E-state index in [9.17, 15) is 0 Å². The molecule has 0 amide bonds. The van der Waals surface area contributed by atoms with Gasteiger partial charge < -0.3 is 4.57 Å². The van der Waals surface area contributed by atoms with Crippen molar-refractivity contribution in [3.05, 3.63) is 36.1 Å². The Hall–Kier alpha value is -1.02. The zero-order valence-corrected chi connectivity index (χ0v) is 16.5. The Kier molecular flexibility index (Phi) is 4.28. The summed E-state index contributed by atoms with van der Waals surface area (Å²) in [5.74, 6) is 1.68. The lowest BCUT2D eigenvalue weighted by Crippen LogP contribution is -2.15. The molecule has 1 aromatic carbocycles. The monoisotopic (exact) mass is 388 g/mol. The summed E-state index contributed by atoms with van der Waals surface area (Å²) in [7, 11) is 2.09. The van der Waals surface area contributed by atoms with Crippen molar-refractivity contribution >= 4 is 45.3 Å². The van der Waals surface area contributed by atoms with Crippen LogP contribution in [-0.2, 0) is 7.05 Å². The minimum atomic E-state index is 0.731. The lowest BCUT2D eigenvalue weighted by atomic mass is 10.0. The van der Waals surface area contributed by atoms with E-state index < -0.39 is 0 Å². The Morgan fingerprint density at radius 1 is 1.16 bits per heavy atom. The number of aromatic nitrogens is 3. The first-order chi connectivity index (χ1) is 12.2. The molecule has 0 N–H and O–H groups in total. The van der Waals surface area contributed by atoms with E-state index in [-0.39, 0.29) is 0 Å². The SMILES string of the molecule is Cn1ccnc1SC1CC2CN(Sc3ccc4scnc4c3)C[C@H]2C1. The summed E-state index contributed by atoms with van der Waals surface area (Å²) in [5, 5.41) is 1.89. The maximum absolute atomic E-state index is 4.47. The van der Waals surface area contributed by atoms with Crippen molar-refractivity contribution in [3.63, 3.8) is 0 Å². The van der Waals surface area contributed by atoms with Gasteiger partial charge in [0.05, 0.1) is 15.7 Å². The van der Waals surface area contributed by atoms with Gasteiger partial charge in [0.1, 0.15) is 0 Å². The van der Waals surface area contributed by atoms with Crippen LogP contribution in [0.4, 0.5) is 0 Å². The van der Waals surface area contributed by atoms with Crippen molar-refractivity contribution in [3.8, 4) is 0 Å². The number of rotatable bonds is 4. The zero-order valence-electron chi connectivity index (χ0n) is 14.0. The smallest absolute Gasteiger partial charge is 0.167 e. The van der Waals surface area contributed by atoms with Gasteiger partial charge in [0, 0.05) is 42.7 Å². The Morgan fingerprint density at radius 2 is 2.00 bits per heavy atom. The van der Waals surface area contributed by atoms with Crippen LogP contribution in [0.5, 0.6) is 0 Å². The standard InChI is InChI=1S/C18H20N4S3/c1-21-5-4-19-18(21)24-15-6-12-9-22(10-13(12)7-15)25-14-2-3-17-16(8-14)20-11-23-17/h2-5,8,11-13,15H,6-7,9-10H2,1H3/t12-,13?,15?/m1/s1. The molecular formula is C18H20N4S3. The van der Waals surface area contributed by atoms with Crippen LogP contribution < -0.4 is 0 Å². The van der Waals surface area contributed by atoms with Gasteiger partial charge in [0.2, 0.25) is 0 Å². The van der Waals surface area contributed by atoms with Crippen LogP contribution in [0, 0.1) is 11.8 Å². The molecule has 0 radical (unpaired) electrons. The molecule has 25 heavy (non-hydrogen) atoms. The van der Waals surface area contributed by atoms with E-state index in [4.69, 9.17) is 0 Å². The second kappa shape index (κ2) is 6.61. The van der Waals surface area contributed by atoms with Crippen LogP contribution in [-0.4, -0.2) is 37.2 Å². The second-order valence-electron chi connectivity index (χ2n) is 6.97. The van der Waals surface area contributed by atoms with Gasteiger partial charge in [-0.15, -0.1) is 11.3 Å². The van der Waals surface area contributed by atoms with Crippen LogP contribution in [0.1, 0.15) is 12.8 Å². The Morgan fingerprint density at radius 3 is 2.76 bits per heavy atom. The number of hydrogen-bond acceptors (Lipinski definition) is 6. The third-order valence-corrected chi connectivity index (χ3v) is 8.41. The van der Waals surface area contributed by atoms with Gasteiger partial charge in [-0.2, -0.15) is 0 Å². The average molecular weight is 389 g/mol. The molecule has 5 rings (SSSR count). The molecular weight excluding hydrogens is 368 g/mol. The molecule has 4 nitrogen and oxygen atoms in total. The van der Waals surface area contributed by atoms with Crippen molar-refractivity contribution < 1.29 is 0 Å².